The maximum atomic E-state index is 12.3. The zero-order chi connectivity index (χ0) is 18.0. The van der Waals surface area contributed by atoms with E-state index in [1.54, 1.807) is 6.92 Å². The van der Waals surface area contributed by atoms with E-state index in [1.807, 2.05) is 38.1 Å². The van der Waals surface area contributed by atoms with Gasteiger partial charge in [-0.25, -0.2) is 0 Å². The molecule has 0 saturated carbocycles. The normalized spacial score (nSPS) is 12.3. The zero-order valence-corrected chi connectivity index (χ0v) is 14.6. The van der Waals surface area contributed by atoms with Crippen molar-refractivity contribution in [3.63, 3.8) is 0 Å². The van der Waals surface area contributed by atoms with E-state index in [-0.39, 0.29) is 31.6 Å². The summed E-state index contributed by atoms with van der Waals surface area (Å²) in [7, 11) is 0. The minimum Gasteiger partial charge on any atom is -0.457 e. The number of Topliss-reactive ketones (excluding diaryl/α,β-unsaturated/α-hetero) is 1. The predicted molar refractivity (Wildman–Crippen MR) is 91.2 cm³/mol. The van der Waals surface area contributed by atoms with Crippen molar-refractivity contribution >= 4 is 11.8 Å². The maximum Gasteiger partial charge on any atom is 0.305 e. The number of esters is 1. The van der Waals surface area contributed by atoms with Crippen LogP contribution >= 0.6 is 0 Å². The van der Waals surface area contributed by atoms with Gasteiger partial charge in [-0.3, -0.25) is 9.59 Å². The van der Waals surface area contributed by atoms with Crippen molar-refractivity contribution in [1.29, 1.82) is 0 Å². The van der Waals surface area contributed by atoms with E-state index >= 15 is 0 Å². The minimum atomic E-state index is -0.373. The van der Waals surface area contributed by atoms with Crippen LogP contribution in [0.15, 0.2) is 24.3 Å². The number of carbonyl (C=O) groups is 2. The maximum absolute atomic E-state index is 12.3. The Morgan fingerprint density at radius 3 is 2.68 bits per heavy atom. The monoisotopic (exact) mass is 343 g/mol. The van der Waals surface area contributed by atoms with E-state index in [0.717, 1.165) is 28.5 Å². The molecule has 0 bridgehead atoms. The summed E-state index contributed by atoms with van der Waals surface area (Å²) in [6.07, 6.45) is 0.260. The molecule has 25 heavy (non-hydrogen) atoms. The van der Waals surface area contributed by atoms with Crippen molar-refractivity contribution in [3.8, 4) is 11.5 Å². The lowest BCUT2D eigenvalue weighted by Gasteiger charge is -2.11. The lowest BCUT2D eigenvalue weighted by Crippen LogP contribution is -2.14. The fourth-order valence-corrected chi connectivity index (χ4v) is 2.87. The summed E-state index contributed by atoms with van der Waals surface area (Å²) >= 11 is 0. The van der Waals surface area contributed by atoms with Crippen LogP contribution in [-0.2, 0) is 16.1 Å². The summed E-state index contributed by atoms with van der Waals surface area (Å²) in [6, 6.07) is 7.66. The second-order valence-electron chi connectivity index (χ2n) is 6.00. The third-order valence-electron chi connectivity index (χ3n) is 4.30. The van der Waals surface area contributed by atoms with Gasteiger partial charge < -0.3 is 18.8 Å². The molecular formula is C19H21NO5. The molecular weight excluding hydrogens is 322 g/mol. The number of carbonyl (C=O) groups excluding carboxylic acids is 2. The van der Waals surface area contributed by atoms with E-state index in [2.05, 4.69) is 4.57 Å². The summed E-state index contributed by atoms with van der Waals surface area (Å²) in [5.74, 6) is 0.926. The molecule has 0 spiro atoms. The molecule has 1 aromatic heterocycles. The SMILES string of the molecule is CCC(=O)OCC(=O)c1cc(C)n(Cc2ccc3c(c2)OCO3)c1C. The molecule has 2 aromatic rings. The number of fused-ring (bicyclic) bond motifs is 1. The molecule has 0 amide bonds. The standard InChI is InChI=1S/C19H21NO5/c1-4-19(22)23-10-16(21)15-7-12(2)20(13(15)3)9-14-5-6-17-18(8-14)25-11-24-17/h5-8H,4,9-11H2,1-3H3. The zero-order valence-electron chi connectivity index (χ0n) is 14.6. The number of rotatable bonds is 6. The van der Waals surface area contributed by atoms with Crippen molar-refractivity contribution in [2.45, 2.75) is 33.7 Å². The second kappa shape index (κ2) is 7.01. The molecule has 3 rings (SSSR count). The molecule has 6 heteroatoms. The van der Waals surface area contributed by atoms with Gasteiger partial charge in [0, 0.05) is 29.9 Å². The predicted octanol–water partition coefficient (Wildman–Crippen LogP) is 3.02. The molecule has 0 fully saturated rings. The van der Waals surface area contributed by atoms with Crippen LogP contribution in [0.3, 0.4) is 0 Å². The Balaban J connectivity index is 1.77. The number of nitrogens with zero attached hydrogens (tertiary/aromatic N) is 1. The molecule has 0 unspecified atom stereocenters. The smallest absolute Gasteiger partial charge is 0.305 e. The van der Waals surface area contributed by atoms with Crippen LogP contribution in [0.4, 0.5) is 0 Å². The molecule has 1 aliphatic rings. The Labute approximate surface area is 146 Å². The van der Waals surface area contributed by atoms with E-state index in [9.17, 15) is 9.59 Å². The third-order valence-corrected chi connectivity index (χ3v) is 4.30. The fraction of sp³-hybridized carbons (Fsp3) is 0.368. The van der Waals surface area contributed by atoms with Crippen LogP contribution < -0.4 is 9.47 Å². The van der Waals surface area contributed by atoms with E-state index in [1.165, 1.54) is 0 Å². The highest BCUT2D eigenvalue weighted by Gasteiger charge is 2.18. The quantitative estimate of drug-likeness (QED) is 0.596. The molecule has 1 aliphatic heterocycles. The van der Waals surface area contributed by atoms with Crippen LogP contribution in [0.25, 0.3) is 0 Å². The summed E-state index contributed by atoms with van der Waals surface area (Å²) in [5, 5.41) is 0. The fourth-order valence-electron chi connectivity index (χ4n) is 2.87. The van der Waals surface area contributed by atoms with Crippen molar-refractivity contribution in [2.24, 2.45) is 0 Å². The van der Waals surface area contributed by atoms with Crippen LogP contribution in [0.1, 0.15) is 40.7 Å². The van der Waals surface area contributed by atoms with Gasteiger partial charge in [0.25, 0.3) is 0 Å². The van der Waals surface area contributed by atoms with Crippen LogP contribution in [-0.4, -0.2) is 29.7 Å². The molecule has 0 atom stereocenters. The van der Waals surface area contributed by atoms with Gasteiger partial charge in [0.15, 0.2) is 18.1 Å². The molecule has 2 heterocycles. The Morgan fingerprint density at radius 1 is 1.16 bits per heavy atom. The van der Waals surface area contributed by atoms with Crippen LogP contribution in [0, 0.1) is 13.8 Å². The highest BCUT2D eigenvalue weighted by molar-refractivity contribution is 5.99. The van der Waals surface area contributed by atoms with Crippen LogP contribution in [0.2, 0.25) is 0 Å². The second-order valence-corrected chi connectivity index (χ2v) is 6.00. The van der Waals surface area contributed by atoms with Gasteiger partial charge in [-0.2, -0.15) is 0 Å². The van der Waals surface area contributed by atoms with Crippen molar-refractivity contribution in [3.05, 3.63) is 46.8 Å². The first-order valence-corrected chi connectivity index (χ1v) is 8.23. The summed E-state index contributed by atoms with van der Waals surface area (Å²) < 4.78 is 17.8. The Hall–Kier alpha value is -2.76. The first-order valence-electron chi connectivity index (χ1n) is 8.23. The Kier molecular flexibility index (Phi) is 4.79. The highest BCUT2D eigenvalue weighted by Crippen LogP contribution is 2.33. The molecule has 0 saturated heterocycles. The minimum absolute atomic E-state index is 0.188. The van der Waals surface area contributed by atoms with Gasteiger partial charge in [0.2, 0.25) is 12.6 Å². The van der Waals surface area contributed by atoms with Gasteiger partial charge in [-0.1, -0.05) is 13.0 Å². The largest absolute Gasteiger partial charge is 0.457 e. The first kappa shape index (κ1) is 17.1. The average molecular weight is 343 g/mol. The van der Waals surface area contributed by atoms with E-state index < -0.39 is 0 Å². The number of hydrogen-bond acceptors (Lipinski definition) is 5. The number of aryl methyl sites for hydroxylation is 1. The van der Waals surface area contributed by atoms with Gasteiger partial charge in [-0.15, -0.1) is 0 Å². The molecule has 1 aromatic carbocycles. The van der Waals surface area contributed by atoms with Crippen molar-refractivity contribution in [1.82, 2.24) is 4.57 Å². The summed E-state index contributed by atoms with van der Waals surface area (Å²) in [4.78, 5) is 23.6. The third kappa shape index (κ3) is 3.52. The molecule has 0 radical (unpaired) electrons. The van der Waals surface area contributed by atoms with Gasteiger partial charge in [0.1, 0.15) is 0 Å². The average Bonchev–Trinajstić information content (AvgIpc) is 3.18. The number of ether oxygens (including phenoxy) is 3. The Morgan fingerprint density at radius 2 is 1.92 bits per heavy atom. The molecule has 132 valence electrons. The summed E-state index contributed by atoms with van der Waals surface area (Å²) in [6.45, 7) is 6.19. The number of hydrogen-bond donors (Lipinski definition) is 0. The van der Waals surface area contributed by atoms with E-state index in [0.29, 0.717) is 12.1 Å². The first-order chi connectivity index (χ1) is 12.0. The Bertz CT molecular complexity index is 821. The van der Waals surface area contributed by atoms with Crippen LogP contribution in [0.5, 0.6) is 11.5 Å². The lowest BCUT2D eigenvalue weighted by atomic mass is 10.1. The van der Waals surface area contributed by atoms with Crippen molar-refractivity contribution < 1.29 is 23.8 Å². The molecule has 0 N–H and O–H groups in total. The van der Waals surface area contributed by atoms with Gasteiger partial charge in [-0.05, 0) is 37.6 Å². The van der Waals surface area contributed by atoms with Gasteiger partial charge in [0.05, 0.1) is 0 Å². The van der Waals surface area contributed by atoms with Gasteiger partial charge >= 0.3 is 5.97 Å². The lowest BCUT2D eigenvalue weighted by molar-refractivity contribution is -0.142. The van der Waals surface area contributed by atoms with E-state index in [4.69, 9.17) is 14.2 Å². The number of aromatic nitrogens is 1. The number of ketones is 1. The highest BCUT2D eigenvalue weighted by atomic mass is 16.7. The molecule has 0 aliphatic carbocycles. The topological polar surface area (TPSA) is 66.8 Å². The number of benzene rings is 1. The summed E-state index contributed by atoms with van der Waals surface area (Å²) in [5.41, 5.74) is 3.47. The van der Waals surface area contributed by atoms with Crippen molar-refractivity contribution in [2.75, 3.05) is 13.4 Å². The molecule has 6 nitrogen and oxygen atoms in total.